The fourth-order valence-corrected chi connectivity index (χ4v) is 3.12. The van der Waals surface area contributed by atoms with Crippen molar-refractivity contribution in [2.24, 2.45) is 7.05 Å². The minimum absolute atomic E-state index is 0.0322. The van der Waals surface area contributed by atoms with Crippen LogP contribution in [0.5, 0.6) is 17.2 Å². The molecule has 0 fully saturated rings. The third-order valence-electron chi connectivity index (χ3n) is 4.39. The minimum atomic E-state index is -0.472. The van der Waals surface area contributed by atoms with Gasteiger partial charge in [0.2, 0.25) is 5.75 Å². The second kappa shape index (κ2) is 6.99. The number of pyridine rings is 1. The Labute approximate surface area is 154 Å². The normalized spacial score (nSPS) is 10.7. The molecule has 1 heterocycles. The van der Waals surface area contributed by atoms with Gasteiger partial charge in [0, 0.05) is 25.2 Å². The van der Waals surface area contributed by atoms with E-state index in [1.165, 1.54) is 44.1 Å². The van der Waals surface area contributed by atoms with Gasteiger partial charge in [0.05, 0.1) is 37.3 Å². The van der Waals surface area contributed by atoms with Crippen LogP contribution in [-0.4, -0.2) is 30.8 Å². The minimum Gasteiger partial charge on any atom is -0.493 e. The van der Waals surface area contributed by atoms with E-state index in [1.807, 2.05) is 0 Å². The van der Waals surface area contributed by atoms with Crippen LogP contribution in [0.25, 0.3) is 22.0 Å². The molecule has 0 N–H and O–H groups in total. The number of rotatable bonds is 5. The van der Waals surface area contributed by atoms with E-state index < -0.39 is 4.92 Å². The Bertz CT molecular complexity index is 1090. The summed E-state index contributed by atoms with van der Waals surface area (Å²) in [5, 5.41) is 12.2. The summed E-state index contributed by atoms with van der Waals surface area (Å²) in [4.78, 5) is 23.0. The molecule has 0 aliphatic carbocycles. The van der Waals surface area contributed by atoms with Crippen molar-refractivity contribution < 1.29 is 19.1 Å². The largest absolute Gasteiger partial charge is 0.493 e. The van der Waals surface area contributed by atoms with Crippen molar-refractivity contribution in [3.8, 4) is 28.5 Å². The Balaban J connectivity index is 2.45. The van der Waals surface area contributed by atoms with Crippen LogP contribution in [0, 0.1) is 10.1 Å². The topological polar surface area (TPSA) is 92.8 Å². The van der Waals surface area contributed by atoms with Crippen LogP contribution in [-0.2, 0) is 7.05 Å². The van der Waals surface area contributed by atoms with Gasteiger partial charge in [-0.05, 0) is 29.1 Å². The molecule has 140 valence electrons. The molecule has 0 atom stereocenters. The third-order valence-corrected chi connectivity index (χ3v) is 4.39. The Morgan fingerprint density at radius 1 is 0.963 bits per heavy atom. The van der Waals surface area contributed by atoms with Gasteiger partial charge in [0.15, 0.2) is 11.5 Å². The highest BCUT2D eigenvalue weighted by Crippen LogP contribution is 2.46. The monoisotopic (exact) mass is 370 g/mol. The number of benzene rings is 2. The van der Waals surface area contributed by atoms with Gasteiger partial charge in [-0.15, -0.1) is 0 Å². The highest BCUT2D eigenvalue weighted by molar-refractivity contribution is 6.02. The van der Waals surface area contributed by atoms with E-state index in [1.54, 1.807) is 25.2 Å². The van der Waals surface area contributed by atoms with Crippen molar-refractivity contribution in [1.29, 1.82) is 0 Å². The number of hydrogen-bond donors (Lipinski definition) is 0. The summed E-state index contributed by atoms with van der Waals surface area (Å²) in [5.74, 6) is 1.25. The number of ether oxygens (including phenoxy) is 3. The first-order valence-corrected chi connectivity index (χ1v) is 8.00. The van der Waals surface area contributed by atoms with Crippen LogP contribution < -0.4 is 19.8 Å². The number of non-ortho nitro benzene ring substituents is 1. The first kappa shape index (κ1) is 18.2. The second-order valence-corrected chi connectivity index (χ2v) is 5.80. The quantitative estimate of drug-likeness (QED) is 0.506. The molecule has 0 aliphatic rings. The van der Waals surface area contributed by atoms with Crippen molar-refractivity contribution in [2.75, 3.05) is 21.3 Å². The maximum atomic E-state index is 12.5. The predicted molar refractivity (Wildman–Crippen MR) is 101 cm³/mol. The fraction of sp³-hybridized carbons (Fsp3) is 0.211. The molecule has 0 radical (unpaired) electrons. The first-order chi connectivity index (χ1) is 12.9. The number of methoxy groups -OCH3 is 3. The molecule has 0 bridgehead atoms. The highest BCUT2D eigenvalue weighted by atomic mass is 16.6. The zero-order chi connectivity index (χ0) is 19.7. The maximum Gasteiger partial charge on any atom is 0.269 e. The average Bonchev–Trinajstić information content (AvgIpc) is 2.67. The lowest BCUT2D eigenvalue weighted by atomic mass is 10.0. The highest BCUT2D eigenvalue weighted by Gasteiger charge is 2.22. The summed E-state index contributed by atoms with van der Waals surface area (Å²) in [6, 6.07) is 9.17. The van der Waals surface area contributed by atoms with Crippen LogP contribution >= 0.6 is 0 Å². The molecule has 0 saturated carbocycles. The Hall–Kier alpha value is -3.55. The van der Waals surface area contributed by atoms with Gasteiger partial charge >= 0.3 is 0 Å². The van der Waals surface area contributed by atoms with Crippen molar-refractivity contribution in [2.45, 2.75) is 0 Å². The van der Waals surface area contributed by atoms with E-state index in [4.69, 9.17) is 14.2 Å². The van der Waals surface area contributed by atoms with Gasteiger partial charge in [0.25, 0.3) is 11.2 Å². The van der Waals surface area contributed by atoms with E-state index in [0.29, 0.717) is 39.3 Å². The van der Waals surface area contributed by atoms with E-state index in [0.717, 1.165) is 0 Å². The van der Waals surface area contributed by atoms with Gasteiger partial charge in [-0.2, -0.15) is 0 Å². The van der Waals surface area contributed by atoms with Crippen molar-refractivity contribution in [3.63, 3.8) is 0 Å². The van der Waals surface area contributed by atoms with E-state index >= 15 is 0 Å². The number of nitrogens with zero attached hydrogens (tertiary/aromatic N) is 2. The lowest BCUT2D eigenvalue weighted by Gasteiger charge is -2.19. The fourth-order valence-electron chi connectivity index (χ4n) is 3.12. The van der Waals surface area contributed by atoms with Crippen LogP contribution in [0.3, 0.4) is 0 Å². The van der Waals surface area contributed by atoms with Gasteiger partial charge in [0.1, 0.15) is 0 Å². The SMILES string of the molecule is COc1cc2cc(=O)n(C)c(-c3ccc([N+](=O)[O-])cc3)c2c(OC)c1OC. The number of hydrogen-bond acceptors (Lipinski definition) is 6. The molecule has 8 heteroatoms. The summed E-state index contributed by atoms with van der Waals surface area (Å²) in [5.41, 5.74) is 0.932. The van der Waals surface area contributed by atoms with Crippen LogP contribution in [0.2, 0.25) is 0 Å². The van der Waals surface area contributed by atoms with E-state index in [9.17, 15) is 14.9 Å². The molecule has 0 saturated heterocycles. The van der Waals surface area contributed by atoms with Crippen LogP contribution in [0.1, 0.15) is 0 Å². The Morgan fingerprint density at radius 2 is 1.59 bits per heavy atom. The Kier molecular flexibility index (Phi) is 4.72. The van der Waals surface area contributed by atoms with Gasteiger partial charge in [-0.1, -0.05) is 0 Å². The Morgan fingerprint density at radius 3 is 2.11 bits per heavy atom. The number of aromatic nitrogens is 1. The summed E-state index contributed by atoms with van der Waals surface area (Å²) < 4.78 is 17.9. The van der Waals surface area contributed by atoms with E-state index in [-0.39, 0.29) is 11.2 Å². The number of nitro benzene ring substituents is 1. The zero-order valence-electron chi connectivity index (χ0n) is 15.3. The van der Waals surface area contributed by atoms with Gasteiger partial charge in [-0.3, -0.25) is 14.9 Å². The molecule has 3 aromatic rings. The molecule has 0 aliphatic heterocycles. The maximum absolute atomic E-state index is 12.5. The summed E-state index contributed by atoms with van der Waals surface area (Å²) in [7, 11) is 6.14. The predicted octanol–water partition coefficient (Wildman–Crippen LogP) is 3.14. The molecule has 0 unspecified atom stereocenters. The molecule has 0 amide bonds. The summed E-state index contributed by atoms with van der Waals surface area (Å²) >= 11 is 0. The molecule has 8 nitrogen and oxygen atoms in total. The molecule has 27 heavy (non-hydrogen) atoms. The van der Waals surface area contributed by atoms with Crippen molar-refractivity contribution >= 4 is 16.5 Å². The molecular formula is C19H18N2O6. The summed E-state index contributed by atoms with van der Waals surface area (Å²) in [6.07, 6.45) is 0. The molecule has 2 aromatic carbocycles. The molecule has 0 spiro atoms. The van der Waals surface area contributed by atoms with Gasteiger partial charge in [-0.25, -0.2) is 0 Å². The second-order valence-electron chi connectivity index (χ2n) is 5.80. The standard InChI is InChI=1S/C19H18N2O6/c1-20-15(22)10-12-9-14(25-2)18(26-3)19(27-4)16(12)17(20)11-5-7-13(8-6-11)21(23)24/h5-10H,1-4H3. The van der Waals surface area contributed by atoms with Crippen molar-refractivity contribution in [1.82, 2.24) is 4.57 Å². The first-order valence-electron chi connectivity index (χ1n) is 8.00. The summed E-state index contributed by atoms with van der Waals surface area (Å²) in [6.45, 7) is 0. The molecule has 1 aromatic heterocycles. The molecular weight excluding hydrogens is 352 g/mol. The van der Waals surface area contributed by atoms with Crippen molar-refractivity contribution in [3.05, 3.63) is 56.9 Å². The van der Waals surface area contributed by atoms with E-state index in [2.05, 4.69) is 0 Å². The smallest absolute Gasteiger partial charge is 0.269 e. The van der Waals surface area contributed by atoms with Crippen LogP contribution in [0.4, 0.5) is 5.69 Å². The van der Waals surface area contributed by atoms with Gasteiger partial charge < -0.3 is 18.8 Å². The number of nitro groups is 1. The molecule has 3 rings (SSSR count). The third kappa shape index (κ3) is 2.95. The lowest BCUT2D eigenvalue weighted by Crippen LogP contribution is -2.18. The average molecular weight is 370 g/mol. The zero-order valence-corrected chi connectivity index (χ0v) is 15.3. The number of fused-ring (bicyclic) bond motifs is 1. The lowest BCUT2D eigenvalue weighted by molar-refractivity contribution is -0.384. The van der Waals surface area contributed by atoms with Crippen LogP contribution in [0.15, 0.2) is 41.2 Å².